The summed E-state index contributed by atoms with van der Waals surface area (Å²) in [6, 6.07) is 21.4. The Morgan fingerprint density at radius 1 is 0.857 bits per heavy atom. The van der Waals surface area contributed by atoms with Crippen LogP contribution < -0.4 is 14.8 Å². The minimum atomic E-state index is -1.75. The largest absolute Gasteiger partial charge is 0.497 e. The number of aromatic nitrogens is 3. The summed E-state index contributed by atoms with van der Waals surface area (Å²) in [5, 5.41) is 10.2. The number of hydrogen-bond acceptors (Lipinski definition) is 4. The molecule has 0 spiro atoms. The Bertz CT molecular complexity index is 866. The fourth-order valence-electron chi connectivity index (χ4n) is 3.61. The Labute approximate surface area is 168 Å². The van der Waals surface area contributed by atoms with Gasteiger partial charge in [0, 0.05) is 0 Å². The lowest BCUT2D eigenvalue weighted by molar-refractivity contribution is 0.407. The van der Waals surface area contributed by atoms with Crippen molar-refractivity contribution in [1.82, 2.24) is 15.0 Å². The predicted octanol–water partition coefficient (Wildman–Crippen LogP) is 4.84. The number of ether oxygens (including phenoxy) is 2. The molecule has 0 radical (unpaired) electrons. The van der Waals surface area contributed by atoms with E-state index in [1.54, 1.807) is 7.11 Å². The van der Waals surface area contributed by atoms with Crippen molar-refractivity contribution >= 4 is 13.4 Å². The summed E-state index contributed by atoms with van der Waals surface area (Å²) in [5.74, 6) is 2.36. The minimum absolute atomic E-state index is 0.640. The first-order chi connectivity index (χ1) is 13.7. The Hall–Kier alpha value is -2.60. The van der Waals surface area contributed by atoms with Gasteiger partial charge in [-0.15, -0.1) is 5.10 Å². The van der Waals surface area contributed by atoms with Crippen LogP contribution in [-0.4, -0.2) is 30.2 Å². The Morgan fingerprint density at radius 3 is 2.04 bits per heavy atom. The van der Waals surface area contributed by atoms with Crippen LogP contribution in [0.2, 0.25) is 18.1 Å². The van der Waals surface area contributed by atoms with Gasteiger partial charge in [0.05, 0.1) is 13.7 Å². The van der Waals surface area contributed by atoms with E-state index in [0.717, 1.165) is 40.8 Å². The molecule has 0 aliphatic heterocycles. The van der Waals surface area contributed by atoms with E-state index in [-0.39, 0.29) is 0 Å². The average molecular weight is 396 g/mol. The van der Waals surface area contributed by atoms with Gasteiger partial charge < -0.3 is 9.47 Å². The van der Waals surface area contributed by atoms with Crippen molar-refractivity contribution < 1.29 is 9.47 Å². The van der Waals surface area contributed by atoms with Crippen molar-refractivity contribution in [3.05, 3.63) is 60.2 Å². The quantitative estimate of drug-likeness (QED) is 0.486. The van der Waals surface area contributed by atoms with E-state index in [0.29, 0.717) is 6.54 Å². The second kappa shape index (κ2) is 9.06. The monoisotopic (exact) mass is 395 g/mol. The highest BCUT2D eigenvalue weighted by Crippen LogP contribution is 2.28. The zero-order valence-electron chi connectivity index (χ0n) is 17.2. The number of rotatable bonds is 9. The molecular formula is C22H29N3O2Si. The van der Waals surface area contributed by atoms with E-state index in [1.807, 2.05) is 47.1 Å². The van der Waals surface area contributed by atoms with E-state index in [1.165, 1.54) is 5.56 Å². The van der Waals surface area contributed by atoms with Crippen LogP contribution in [0, 0.1) is 0 Å². The summed E-state index contributed by atoms with van der Waals surface area (Å²) >= 11 is 0. The van der Waals surface area contributed by atoms with E-state index < -0.39 is 8.07 Å². The average Bonchev–Trinajstić information content (AvgIpc) is 3.14. The molecule has 3 aromatic rings. The van der Waals surface area contributed by atoms with Gasteiger partial charge in [0.1, 0.15) is 24.9 Å². The summed E-state index contributed by atoms with van der Waals surface area (Å²) < 4.78 is 13.5. The Balaban J connectivity index is 2.02. The van der Waals surface area contributed by atoms with E-state index in [2.05, 4.69) is 43.2 Å². The van der Waals surface area contributed by atoms with Crippen LogP contribution in [0.3, 0.4) is 0 Å². The minimum Gasteiger partial charge on any atom is -0.497 e. The number of hydrogen-bond donors (Lipinski definition) is 0. The predicted molar refractivity (Wildman–Crippen MR) is 115 cm³/mol. The Morgan fingerprint density at radius 2 is 1.46 bits per heavy atom. The molecule has 0 bridgehead atoms. The van der Waals surface area contributed by atoms with Gasteiger partial charge in [-0.05, 0) is 29.8 Å². The molecule has 0 saturated carbocycles. The summed E-state index contributed by atoms with van der Waals surface area (Å²) in [5.41, 5.74) is 1.18. The third kappa shape index (κ3) is 4.12. The first kappa shape index (κ1) is 20.1. The van der Waals surface area contributed by atoms with E-state index in [9.17, 15) is 0 Å². The van der Waals surface area contributed by atoms with Gasteiger partial charge in [-0.2, -0.15) is 0 Å². The Kier molecular flexibility index (Phi) is 6.52. The van der Waals surface area contributed by atoms with Crippen molar-refractivity contribution in [3.8, 4) is 17.4 Å². The molecule has 1 aromatic heterocycles. The molecule has 0 atom stereocenters. The highest BCUT2D eigenvalue weighted by molar-refractivity contribution is 6.91. The standard InChI is InChI=1S/C22H29N3O2Si/c1-5-28(6-2,7-3)21-22(27-20-15-13-19(26-4)14-16-20)25(24-23-21)17-18-11-9-8-10-12-18/h8-16H,5-7,17H2,1-4H3. The molecule has 2 aromatic carbocycles. The number of nitrogens with zero attached hydrogens (tertiary/aromatic N) is 3. The van der Waals surface area contributed by atoms with E-state index >= 15 is 0 Å². The van der Waals surface area contributed by atoms with Gasteiger partial charge in [0.25, 0.3) is 0 Å². The van der Waals surface area contributed by atoms with E-state index in [4.69, 9.17) is 9.47 Å². The molecule has 0 saturated heterocycles. The third-order valence-electron chi connectivity index (χ3n) is 5.67. The molecule has 0 aliphatic rings. The van der Waals surface area contributed by atoms with Crippen molar-refractivity contribution in [3.63, 3.8) is 0 Å². The first-order valence-electron chi connectivity index (χ1n) is 9.95. The number of methoxy groups -OCH3 is 1. The highest BCUT2D eigenvalue weighted by atomic mass is 28.3. The van der Waals surface area contributed by atoms with Gasteiger partial charge in [-0.25, -0.2) is 4.68 Å². The van der Waals surface area contributed by atoms with Gasteiger partial charge in [0.15, 0.2) is 0 Å². The maximum atomic E-state index is 6.38. The normalized spacial score (nSPS) is 11.4. The molecule has 6 heteroatoms. The molecule has 148 valence electrons. The van der Waals surface area contributed by atoms with Crippen LogP contribution >= 0.6 is 0 Å². The van der Waals surface area contributed by atoms with Crippen molar-refractivity contribution in [2.75, 3.05) is 7.11 Å². The molecule has 0 N–H and O–H groups in total. The molecule has 5 nitrogen and oxygen atoms in total. The first-order valence-corrected chi connectivity index (χ1v) is 12.6. The highest BCUT2D eigenvalue weighted by Gasteiger charge is 2.37. The topological polar surface area (TPSA) is 49.2 Å². The third-order valence-corrected chi connectivity index (χ3v) is 11.1. The van der Waals surface area contributed by atoms with Gasteiger partial charge >= 0.3 is 0 Å². The molecule has 0 unspecified atom stereocenters. The van der Waals surface area contributed by atoms with Crippen LogP contribution in [-0.2, 0) is 6.54 Å². The molecule has 1 heterocycles. The lowest BCUT2D eigenvalue weighted by Gasteiger charge is -2.26. The molecular weight excluding hydrogens is 366 g/mol. The van der Waals surface area contributed by atoms with Crippen LogP contribution in [0.4, 0.5) is 0 Å². The molecule has 0 amide bonds. The zero-order chi connectivity index (χ0) is 20.0. The summed E-state index contributed by atoms with van der Waals surface area (Å²) in [6.45, 7) is 7.45. The summed E-state index contributed by atoms with van der Waals surface area (Å²) in [7, 11) is -0.0870. The van der Waals surface area contributed by atoms with Crippen LogP contribution in [0.1, 0.15) is 26.3 Å². The lowest BCUT2D eigenvalue weighted by Crippen LogP contribution is -2.47. The SMILES string of the molecule is CC[Si](CC)(CC)c1nnn(Cc2ccccc2)c1Oc1ccc(OC)cc1. The summed E-state index contributed by atoms with van der Waals surface area (Å²) in [6.07, 6.45) is 0. The smallest absolute Gasteiger partial charge is 0.236 e. The van der Waals surface area contributed by atoms with Crippen molar-refractivity contribution in [1.29, 1.82) is 0 Å². The number of benzene rings is 2. The molecule has 0 fully saturated rings. The second-order valence-electron chi connectivity index (χ2n) is 7.01. The van der Waals surface area contributed by atoms with Crippen molar-refractivity contribution in [2.24, 2.45) is 0 Å². The molecule has 3 rings (SSSR count). The van der Waals surface area contributed by atoms with Gasteiger partial charge in [0.2, 0.25) is 5.88 Å². The second-order valence-corrected chi connectivity index (χ2v) is 12.2. The zero-order valence-corrected chi connectivity index (χ0v) is 18.2. The maximum absolute atomic E-state index is 6.38. The molecule has 0 aliphatic carbocycles. The lowest BCUT2D eigenvalue weighted by atomic mass is 10.2. The van der Waals surface area contributed by atoms with Gasteiger partial charge in [-0.1, -0.05) is 74.4 Å². The fraction of sp³-hybridized carbons (Fsp3) is 0.364. The van der Waals surface area contributed by atoms with Crippen LogP contribution in [0.15, 0.2) is 54.6 Å². The molecule has 28 heavy (non-hydrogen) atoms. The summed E-state index contributed by atoms with van der Waals surface area (Å²) in [4.78, 5) is 0. The van der Waals surface area contributed by atoms with Crippen LogP contribution in [0.25, 0.3) is 0 Å². The van der Waals surface area contributed by atoms with Crippen molar-refractivity contribution in [2.45, 2.75) is 45.4 Å². The maximum Gasteiger partial charge on any atom is 0.236 e. The fourth-order valence-corrected chi connectivity index (χ4v) is 7.00. The van der Waals surface area contributed by atoms with Gasteiger partial charge in [-0.3, -0.25) is 0 Å². The van der Waals surface area contributed by atoms with Crippen LogP contribution in [0.5, 0.6) is 17.4 Å².